The number of hydrogen-bond donors (Lipinski definition) is 1. The highest BCUT2D eigenvalue weighted by atomic mass is 32.2. The quantitative estimate of drug-likeness (QED) is 0.277. The average Bonchev–Trinajstić information content (AvgIpc) is 3.11. The van der Waals surface area contributed by atoms with Crippen molar-refractivity contribution in [2.45, 2.75) is 4.90 Å². The summed E-state index contributed by atoms with van der Waals surface area (Å²) in [6.07, 6.45) is 0. The van der Waals surface area contributed by atoms with Gasteiger partial charge in [0.15, 0.2) is 11.6 Å². The molecule has 0 bridgehead atoms. The molecule has 0 aliphatic carbocycles. The van der Waals surface area contributed by atoms with Gasteiger partial charge in [-0.25, -0.2) is 8.78 Å². The molecular weight excluding hydrogens is 380 g/mol. The Morgan fingerprint density at radius 3 is 2.04 bits per heavy atom. The van der Waals surface area contributed by atoms with Crippen LogP contribution < -0.4 is 5.32 Å². The fourth-order valence-electron chi connectivity index (χ4n) is 2.90. The van der Waals surface area contributed by atoms with E-state index in [2.05, 4.69) is 5.32 Å². The first-order valence-electron chi connectivity index (χ1n) is 8.41. The van der Waals surface area contributed by atoms with Gasteiger partial charge in [-0.15, -0.1) is 0 Å². The standard InChI is InChI=1S/C22H13F2NO2S/c23-15-10-14(11-16(24)12-15)21(27)19(20(26)13-6-2-1-3-7-13)22-25-17-8-4-5-9-18(17)28-22/h1-12,25H/b22-19+. The molecule has 1 aliphatic heterocycles. The molecule has 1 heterocycles. The van der Waals surface area contributed by atoms with Gasteiger partial charge in [-0.1, -0.05) is 54.2 Å². The number of allylic oxidation sites excluding steroid dienone is 1. The van der Waals surface area contributed by atoms with E-state index in [0.717, 1.165) is 22.7 Å². The summed E-state index contributed by atoms with van der Waals surface area (Å²) in [5.41, 5.74) is 0.702. The van der Waals surface area contributed by atoms with Crippen LogP contribution in [0.3, 0.4) is 0 Å². The van der Waals surface area contributed by atoms with Gasteiger partial charge >= 0.3 is 0 Å². The molecule has 6 heteroatoms. The fraction of sp³-hybridized carbons (Fsp3) is 0. The lowest BCUT2D eigenvalue weighted by atomic mass is 9.96. The highest BCUT2D eigenvalue weighted by molar-refractivity contribution is 8.03. The lowest BCUT2D eigenvalue weighted by molar-refractivity contribution is 0.0961. The largest absolute Gasteiger partial charge is 0.348 e. The van der Waals surface area contributed by atoms with Crippen molar-refractivity contribution in [3.63, 3.8) is 0 Å². The topological polar surface area (TPSA) is 46.2 Å². The molecule has 0 saturated carbocycles. The number of halogens is 2. The van der Waals surface area contributed by atoms with Crippen molar-refractivity contribution >= 4 is 29.0 Å². The molecule has 0 saturated heterocycles. The number of para-hydroxylation sites is 1. The Hall–Kier alpha value is -3.25. The van der Waals surface area contributed by atoms with E-state index in [9.17, 15) is 18.4 Å². The van der Waals surface area contributed by atoms with E-state index < -0.39 is 23.2 Å². The highest BCUT2D eigenvalue weighted by Gasteiger charge is 2.30. The lowest BCUT2D eigenvalue weighted by Crippen LogP contribution is -2.17. The maximum atomic E-state index is 13.7. The Labute approximate surface area is 164 Å². The number of rotatable bonds is 4. The van der Waals surface area contributed by atoms with E-state index in [1.54, 1.807) is 30.3 Å². The van der Waals surface area contributed by atoms with Crippen LogP contribution in [0.15, 0.2) is 88.3 Å². The van der Waals surface area contributed by atoms with Gasteiger partial charge in [0, 0.05) is 22.1 Å². The second kappa shape index (κ2) is 7.40. The third kappa shape index (κ3) is 3.46. The predicted molar refractivity (Wildman–Crippen MR) is 104 cm³/mol. The second-order valence-corrected chi connectivity index (χ2v) is 7.16. The van der Waals surface area contributed by atoms with Gasteiger partial charge < -0.3 is 5.32 Å². The van der Waals surface area contributed by atoms with Crippen LogP contribution in [0.2, 0.25) is 0 Å². The summed E-state index contributed by atoms with van der Waals surface area (Å²) in [6.45, 7) is 0. The van der Waals surface area contributed by atoms with Crippen molar-refractivity contribution in [1.29, 1.82) is 0 Å². The zero-order chi connectivity index (χ0) is 19.7. The van der Waals surface area contributed by atoms with E-state index in [4.69, 9.17) is 0 Å². The van der Waals surface area contributed by atoms with E-state index in [1.807, 2.05) is 24.3 Å². The van der Waals surface area contributed by atoms with Crippen LogP contribution in [-0.2, 0) is 0 Å². The molecule has 4 rings (SSSR count). The molecule has 0 aromatic heterocycles. The van der Waals surface area contributed by atoms with Gasteiger partial charge in [0.1, 0.15) is 17.2 Å². The first-order chi connectivity index (χ1) is 13.5. The molecular formula is C22H13F2NO2S. The van der Waals surface area contributed by atoms with Crippen LogP contribution in [-0.4, -0.2) is 11.6 Å². The van der Waals surface area contributed by atoms with Crippen molar-refractivity contribution in [3.8, 4) is 0 Å². The minimum absolute atomic E-state index is 0.155. The predicted octanol–water partition coefficient (Wildman–Crippen LogP) is 5.46. The van der Waals surface area contributed by atoms with E-state index in [0.29, 0.717) is 16.7 Å². The van der Waals surface area contributed by atoms with E-state index in [1.165, 1.54) is 11.8 Å². The Kier molecular flexibility index (Phi) is 4.79. The van der Waals surface area contributed by atoms with Gasteiger partial charge in [-0.2, -0.15) is 0 Å². The van der Waals surface area contributed by atoms with Gasteiger partial charge in [-0.05, 0) is 24.3 Å². The van der Waals surface area contributed by atoms with Crippen molar-refractivity contribution < 1.29 is 18.4 Å². The molecule has 28 heavy (non-hydrogen) atoms. The number of Topliss-reactive ketones (excluding diaryl/α,β-unsaturated/α-hetero) is 2. The van der Waals surface area contributed by atoms with Crippen molar-refractivity contribution in [3.05, 3.63) is 106 Å². The Morgan fingerprint density at radius 2 is 1.36 bits per heavy atom. The smallest absolute Gasteiger partial charge is 0.199 e. The minimum atomic E-state index is -0.879. The van der Waals surface area contributed by atoms with E-state index >= 15 is 0 Å². The minimum Gasteiger partial charge on any atom is -0.348 e. The van der Waals surface area contributed by atoms with Gasteiger partial charge in [0.25, 0.3) is 0 Å². The summed E-state index contributed by atoms with van der Waals surface area (Å²) in [7, 11) is 0. The zero-order valence-corrected chi connectivity index (χ0v) is 15.2. The maximum Gasteiger partial charge on any atom is 0.199 e. The summed E-state index contributed by atoms with van der Waals surface area (Å²) >= 11 is 1.24. The van der Waals surface area contributed by atoms with Crippen LogP contribution in [0, 0.1) is 11.6 Å². The van der Waals surface area contributed by atoms with Crippen LogP contribution >= 0.6 is 11.8 Å². The molecule has 0 amide bonds. The number of nitrogens with one attached hydrogen (secondary N) is 1. The summed E-state index contributed by atoms with van der Waals surface area (Å²) in [4.78, 5) is 27.1. The summed E-state index contributed by atoms with van der Waals surface area (Å²) in [5.74, 6) is -3.02. The van der Waals surface area contributed by atoms with Crippen LogP contribution in [0.25, 0.3) is 0 Å². The summed E-state index contributed by atoms with van der Waals surface area (Å²) in [6, 6.07) is 18.2. The number of thioether (sulfide) groups is 1. The molecule has 0 unspecified atom stereocenters. The SMILES string of the molecule is O=C(/C(C(=O)c1cc(F)cc(F)c1)=C1/Nc2ccccc2S1)c1ccccc1. The Balaban J connectivity index is 1.84. The van der Waals surface area contributed by atoms with Gasteiger partial charge in [0.05, 0.1) is 10.7 Å². The number of carbonyl (C=O) groups excluding carboxylic acids is 2. The van der Waals surface area contributed by atoms with Crippen LogP contribution in [0.1, 0.15) is 20.7 Å². The third-order valence-corrected chi connectivity index (χ3v) is 5.28. The Morgan fingerprint density at radius 1 is 0.750 bits per heavy atom. The molecule has 3 nitrogen and oxygen atoms in total. The number of benzene rings is 3. The molecule has 0 radical (unpaired) electrons. The van der Waals surface area contributed by atoms with Crippen molar-refractivity contribution in [2.75, 3.05) is 5.32 Å². The zero-order valence-electron chi connectivity index (χ0n) is 14.4. The monoisotopic (exact) mass is 393 g/mol. The van der Waals surface area contributed by atoms with Gasteiger partial charge in [-0.3, -0.25) is 9.59 Å². The van der Waals surface area contributed by atoms with Crippen LogP contribution in [0.5, 0.6) is 0 Å². The third-order valence-electron chi connectivity index (χ3n) is 4.19. The number of carbonyl (C=O) groups is 2. The number of anilines is 1. The first-order valence-corrected chi connectivity index (χ1v) is 9.23. The normalized spacial score (nSPS) is 14.2. The molecule has 1 N–H and O–H groups in total. The lowest BCUT2D eigenvalue weighted by Gasteiger charge is -2.10. The summed E-state index contributed by atoms with van der Waals surface area (Å²) in [5, 5.41) is 3.42. The molecule has 3 aromatic rings. The van der Waals surface area contributed by atoms with Crippen molar-refractivity contribution in [2.24, 2.45) is 0 Å². The molecule has 3 aromatic carbocycles. The average molecular weight is 393 g/mol. The van der Waals surface area contributed by atoms with E-state index in [-0.39, 0.29) is 11.1 Å². The highest BCUT2D eigenvalue weighted by Crippen LogP contribution is 2.43. The maximum absolute atomic E-state index is 13.7. The van der Waals surface area contributed by atoms with Crippen LogP contribution in [0.4, 0.5) is 14.5 Å². The number of fused-ring (bicyclic) bond motifs is 1. The fourth-order valence-corrected chi connectivity index (χ4v) is 3.95. The summed E-state index contributed by atoms with van der Waals surface area (Å²) < 4.78 is 27.3. The Bertz CT molecular complexity index is 1080. The van der Waals surface area contributed by atoms with Crippen molar-refractivity contribution in [1.82, 2.24) is 0 Å². The number of hydrogen-bond acceptors (Lipinski definition) is 4. The molecule has 0 spiro atoms. The molecule has 1 aliphatic rings. The molecule has 0 atom stereocenters. The first kappa shape index (κ1) is 18.1. The number of ketones is 2. The van der Waals surface area contributed by atoms with Gasteiger partial charge in [0.2, 0.25) is 0 Å². The second-order valence-electron chi connectivity index (χ2n) is 6.11. The molecule has 0 fully saturated rings. The molecule has 138 valence electrons.